The summed E-state index contributed by atoms with van der Waals surface area (Å²) in [7, 11) is 0. The molecule has 2 nitrogen and oxygen atoms in total. The molecule has 0 amide bonds. The summed E-state index contributed by atoms with van der Waals surface area (Å²) in [5.41, 5.74) is 12.6. The fourth-order valence-corrected chi connectivity index (χ4v) is 5.87. The quantitative estimate of drug-likeness (QED) is 0.320. The molecule has 0 spiro atoms. The van der Waals surface area contributed by atoms with Gasteiger partial charge in [-0.05, 0) is 82.5 Å². The molecule has 0 radical (unpaired) electrons. The number of fused-ring (bicyclic) bond motifs is 4. The molecule has 6 rings (SSSR count). The summed E-state index contributed by atoms with van der Waals surface area (Å²) in [5, 5.41) is 12.7. The van der Waals surface area contributed by atoms with Gasteiger partial charge in [-0.2, -0.15) is 5.26 Å². The molecule has 0 fully saturated rings. The van der Waals surface area contributed by atoms with Gasteiger partial charge in [0, 0.05) is 28.8 Å². The molecule has 3 aromatic rings. The first-order valence-corrected chi connectivity index (χ1v) is 15.3. The highest BCUT2D eigenvalue weighted by atomic mass is 14.9. The number of benzene rings is 3. The SMILES string of the molecule is C=C/C=C1\CC(C)c2ccccc21.C=CC.CC.CC1(C)c2ccccc2-c2ccc(NC3=CC=CC=C(C#N)C3)cc21. The molecule has 0 bridgehead atoms. The normalized spacial score (nSPS) is 17.2. The maximum absolute atomic E-state index is 9.19. The molecular formula is C41H46N2. The van der Waals surface area contributed by atoms with Crippen LogP contribution < -0.4 is 5.32 Å². The van der Waals surface area contributed by atoms with E-state index in [0.29, 0.717) is 12.3 Å². The second kappa shape index (κ2) is 15.6. The van der Waals surface area contributed by atoms with Gasteiger partial charge in [0.1, 0.15) is 0 Å². The van der Waals surface area contributed by atoms with Crippen LogP contribution >= 0.6 is 0 Å². The molecular weight excluding hydrogens is 520 g/mol. The lowest BCUT2D eigenvalue weighted by atomic mass is 9.82. The third-order valence-corrected chi connectivity index (χ3v) is 7.80. The third kappa shape index (κ3) is 7.62. The van der Waals surface area contributed by atoms with Crippen molar-refractivity contribution in [2.75, 3.05) is 5.32 Å². The molecule has 1 N–H and O–H groups in total. The first-order chi connectivity index (χ1) is 20.8. The topological polar surface area (TPSA) is 35.8 Å². The first-order valence-electron chi connectivity index (χ1n) is 15.3. The van der Waals surface area contributed by atoms with Gasteiger partial charge in [-0.1, -0.05) is 126 Å². The Bertz CT molecular complexity index is 1600. The molecule has 3 aliphatic carbocycles. The molecule has 1 unspecified atom stereocenters. The number of nitrogens with zero attached hydrogens (tertiary/aromatic N) is 1. The summed E-state index contributed by atoms with van der Waals surface area (Å²) in [6.07, 6.45) is 15.3. The predicted octanol–water partition coefficient (Wildman–Crippen LogP) is 11.7. The Kier molecular flexibility index (Phi) is 11.9. The van der Waals surface area contributed by atoms with Gasteiger partial charge in [0.2, 0.25) is 0 Å². The van der Waals surface area contributed by atoms with Gasteiger partial charge in [0.15, 0.2) is 0 Å². The van der Waals surface area contributed by atoms with Crippen LogP contribution in [0.1, 0.15) is 82.6 Å². The Morgan fingerprint density at radius 2 is 1.51 bits per heavy atom. The van der Waals surface area contributed by atoms with E-state index >= 15 is 0 Å². The molecule has 43 heavy (non-hydrogen) atoms. The summed E-state index contributed by atoms with van der Waals surface area (Å²) < 4.78 is 0. The molecule has 0 aromatic heterocycles. The summed E-state index contributed by atoms with van der Waals surface area (Å²) in [6.45, 7) is 19.8. The number of allylic oxidation sites excluding steroid dienone is 9. The van der Waals surface area contributed by atoms with Crippen LogP contribution in [0.2, 0.25) is 0 Å². The molecule has 0 saturated carbocycles. The van der Waals surface area contributed by atoms with E-state index in [-0.39, 0.29) is 5.41 Å². The monoisotopic (exact) mass is 566 g/mol. The predicted molar refractivity (Wildman–Crippen MR) is 188 cm³/mol. The minimum atomic E-state index is -0.000921. The van der Waals surface area contributed by atoms with E-state index in [4.69, 9.17) is 0 Å². The van der Waals surface area contributed by atoms with Crippen LogP contribution in [0, 0.1) is 11.3 Å². The Hall–Kier alpha value is -4.61. The van der Waals surface area contributed by atoms with Gasteiger partial charge in [0.05, 0.1) is 6.07 Å². The molecule has 0 saturated heterocycles. The third-order valence-electron chi connectivity index (χ3n) is 7.80. The van der Waals surface area contributed by atoms with Gasteiger partial charge in [-0.15, -0.1) is 6.58 Å². The van der Waals surface area contributed by atoms with Crippen molar-refractivity contribution >= 4 is 11.3 Å². The fraction of sp³-hybridized carbons (Fsp3) is 0.244. The Labute approximate surface area is 260 Å². The van der Waals surface area contributed by atoms with Crippen LogP contribution in [0.5, 0.6) is 0 Å². The van der Waals surface area contributed by atoms with E-state index < -0.39 is 0 Å². The molecule has 3 aromatic carbocycles. The van der Waals surface area contributed by atoms with Gasteiger partial charge >= 0.3 is 0 Å². The smallest absolute Gasteiger partial charge is 0.0951 e. The molecule has 0 aliphatic heterocycles. The number of anilines is 1. The van der Waals surface area contributed by atoms with Crippen LogP contribution in [0.25, 0.3) is 16.7 Å². The van der Waals surface area contributed by atoms with Crippen molar-refractivity contribution in [2.24, 2.45) is 0 Å². The summed E-state index contributed by atoms with van der Waals surface area (Å²) in [6, 6.07) is 26.1. The number of rotatable bonds is 3. The highest BCUT2D eigenvalue weighted by Crippen LogP contribution is 2.49. The van der Waals surface area contributed by atoms with Gasteiger partial charge in [-0.3, -0.25) is 0 Å². The van der Waals surface area contributed by atoms with Crippen molar-refractivity contribution in [3.63, 3.8) is 0 Å². The van der Waals surface area contributed by atoms with Crippen LogP contribution in [0.3, 0.4) is 0 Å². The fourth-order valence-electron chi connectivity index (χ4n) is 5.87. The van der Waals surface area contributed by atoms with Crippen molar-refractivity contribution in [3.8, 4) is 17.2 Å². The number of hydrogen-bond acceptors (Lipinski definition) is 2. The van der Waals surface area contributed by atoms with Gasteiger partial charge in [0.25, 0.3) is 0 Å². The Morgan fingerprint density at radius 3 is 2.21 bits per heavy atom. The average molecular weight is 567 g/mol. The maximum Gasteiger partial charge on any atom is 0.0951 e. The van der Waals surface area contributed by atoms with E-state index in [1.807, 2.05) is 51.2 Å². The second-order valence-electron chi connectivity index (χ2n) is 11.1. The Balaban J connectivity index is 0.000000236. The molecule has 1 atom stereocenters. The van der Waals surface area contributed by atoms with Crippen LogP contribution in [-0.2, 0) is 5.41 Å². The standard InChI is InChI=1S/C23H20N2.C13H14.C3H6.C2H6/c1-23(2)21-10-6-5-9-19(21)20-12-11-18(14-22(20)23)25-17-8-4-3-7-16(13-17)15-24;1-3-6-11-9-10(2)12-7-4-5-8-13(11)12;1-3-2;1-2/h3-12,14,25H,13H2,1-2H3;3-8,10H,1,9H2,2H3;3H,1H2,2H3;1-2H3/b;11-6+;;. The molecule has 2 heteroatoms. The molecule has 220 valence electrons. The zero-order valence-corrected chi connectivity index (χ0v) is 26.7. The van der Waals surface area contributed by atoms with Crippen molar-refractivity contribution in [1.82, 2.24) is 0 Å². The van der Waals surface area contributed by atoms with Crippen molar-refractivity contribution < 1.29 is 0 Å². The van der Waals surface area contributed by atoms with Crippen molar-refractivity contribution in [3.05, 3.63) is 156 Å². The highest BCUT2D eigenvalue weighted by molar-refractivity contribution is 5.82. The van der Waals surface area contributed by atoms with Crippen LogP contribution in [0.4, 0.5) is 5.69 Å². The second-order valence-corrected chi connectivity index (χ2v) is 11.1. The minimum absolute atomic E-state index is 0.000921. The summed E-state index contributed by atoms with van der Waals surface area (Å²) in [5.74, 6) is 0.669. The van der Waals surface area contributed by atoms with E-state index in [0.717, 1.165) is 23.4 Å². The highest BCUT2D eigenvalue weighted by Gasteiger charge is 2.35. The van der Waals surface area contributed by atoms with E-state index in [2.05, 4.69) is 118 Å². The van der Waals surface area contributed by atoms with Gasteiger partial charge < -0.3 is 5.32 Å². The maximum atomic E-state index is 9.19. The first kappa shape index (κ1) is 32.9. The number of hydrogen-bond donors (Lipinski definition) is 1. The van der Waals surface area contributed by atoms with E-state index in [9.17, 15) is 5.26 Å². The number of nitriles is 1. The molecule has 0 heterocycles. The Morgan fingerprint density at radius 1 is 0.884 bits per heavy atom. The van der Waals surface area contributed by atoms with E-state index in [1.165, 1.54) is 39.0 Å². The van der Waals surface area contributed by atoms with Crippen molar-refractivity contribution in [2.45, 2.75) is 65.7 Å². The zero-order valence-electron chi connectivity index (χ0n) is 26.7. The van der Waals surface area contributed by atoms with Gasteiger partial charge in [-0.25, -0.2) is 0 Å². The summed E-state index contributed by atoms with van der Waals surface area (Å²) in [4.78, 5) is 0. The average Bonchev–Trinajstić information content (AvgIpc) is 3.32. The number of nitrogens with one attached hydrogen (secondary N) is 1. The zero-order chi connectivity index (χ0) is 31.4. The minimum Gasteiger partial charge on any atom is -0.359 e. The lowest BCUT2D eigenvalue weighted by Gasteiger charge is -2.22. The lowest BCUT2D eigenvalue weighted by Crippen LogP contribution is -2.15. The van der Waals surface area contributed by atoms with Crippen LogP contribution in [-0.4, -0.2) is 0 Å². The largest absolute Gasteiger partial charge is 0.359 e. The van der Waals surface area contributed by atoms with Crippen molar-refractivity contribution in [1.29, 1.82) is 5.26 Å². The summed E-state index contributed by atoms with van der Waals surface area (Å²) >= 11 is 0. The van der Waals surface area contributed by atoms with E-state index in [1.54, 1.807) is 6.08 Å². The van der Waals surface area contributed by atoms with Crippen LogP contribution in [0.15, 0.2) is 134 Å². The lowest BCUT2D eigenvalue weighted by molar-refractivity contribution is 0.660. The molecule has 3 aliphatic rings.